The highest BCUT2D eigenvalue weighted by Gasteiger charge is 2.29. The summed E-state index contributed by atoms with van der Waals surface area (Å²) in [5.74, 6) is 0.453. The number of aryl methyl sites for hydroxylation is 2. The molecule has 0 aliphatic carbocycles. The van der Waals surface area contributed by atoms with E-state index < -0.39 is 10.0 Å². The van der Waals surface area contributed by atoms with E-state index in [4.69, 9.17) is 0 Å². The Kier molecular flexibility index (Phi) is 4.89. The topological polar surface area (TPSA) is 40.6 Å². The molecule has 0 saturated carbocycles. The van der Waals surface area contributed by atoms with Gasteiger partial charge in [-0.1, -0.05) is 6.92 Å². The van der Waals surface area contributed by atoms with E-state index in [0.29, 0.717) is 17.4 Å². The Morgan fingerprint density at radius 1 is 1.45 bits per heavy atom. The maximum atomic E-state index is 12.6. The second kappa shape index (κ2) is 6.13. The predicted molar refractivity (Wildman–Crippen MR) is 83.8 cm³/mol. The van der Waals surface area contributed by atoms with Crippen LogP contribution in [0.1, 0.15) is 23.1 Å². The molecular weight excluding hydrogens is 292 g/mol. The molecule has 6 heteroatoms. The van der Waals surface area contributed by atoms with Crippen LogP contribution in [0.5, 0.6) is 0 Å². The zero-order valence-electron chi connectivity index (χ0n) is 12.7. The third kappa shape index (κ3) is 3.24. The van der Waals surface area contributed by atoms with E-state index in [1.165, 1.54) is 4.31 Å². The van der Waals surface area contributed by atoms with Gasteiger partial charge in [0.1, 0.15) is 0 Å². The number of hydrogen-bond acceptors (Lipinski definition) is 4. The summed E-state index contributed by atoms with van der Waals surface area (Å²) in [6.07, 6.45) is 1.09. The van der Waals surface area contributed by atoms with Gasteiger partial charge in [-0.05, 0) is 45.3 Å². The lowest BCUT2D eigenvalue weighted by atomic mass is 10.1. The number of nitrogens with zero attached hydrogens (tertiary/aromatic N) is 2. The lowest BCUT2D eigenvalue weighted by Crippen LogP contribution is -2.33. The summed E-state index contributed by atoms with van der Waals surface area (Å²) in [7, 11) is -1.63. The fourth-order valence-electron chi connectivity index (χ4n) is 2.84. The average Bonchev–Trinajstić information content (AvgIpc) is 2.95. The van der Waals surface area contributed by atoms with Crippen molar-refractivity contribution in [3.05, 3.63) is 15.8 Å². The van der Waals surface area contributed by atoms with E-state index >= 15 is 0 Å². The summed E-state index contributed by atoms with van der Waals surface area (Å²) in [6, 6.07) is 1.79. The molecule has 20 heavy (non-hydrogen) atoms. The van der Waals surface area contributed by atoms with Crippen LogP contribution in [0.2, 0.25) is 0 Å². The van der Waals surface area contributed by atoms with Crippen molar-refractivity contribution in [1.29, 1.82) is 0 Å². The number of hydrogen-bond donors (Lipinski definition) is 0. The molecule has 1 fully saturated rings. The molecule has 1 aromatic rings. The Morgan fingerprint density at radius 2 is 2.15 bits per heavy atom. The predicted octanol–water partition coefficient (Wildman–Crippen LogP) is 2.33. The van der Waals surface area contributed by atoms with Crippen molar-refractivity contribution in [1.82, 2.24) is 9.21 Å². The van der Waals surface area contributed by atoms with Crippen LogP contribution in [0, 0.1) is 19.8 Å². The van der Waals surface area contributed by atoms with E-state index in [1.54, 1.807) is 24.5 Å². The largest absolute Gasteiger partial charge is 0.303 e. The fourth-order valence-corrected chi connectivity index (χ4v) is 5.61. The van der Waals surface area contributed by atoms with Crippen LogP contribution < -0.4 is 0 Å². The number of likely N-dealkylation sites (tertiary alicyclic amines) is 1. The molecular formula is C14H24N2O2S2. The maximum Gasteiger partial charge on any atom is 0.243 e. The highest BCUT2D eigenvalue weighted by atomic mass is 32.2. The third-order valence-corrected chi connectivity index (χ3v) is 7.06. The SMILES string of the molecule is CCN1CC[C@@H](CN(C)S(=O)(=O)c2cc(C)sc2C)C1. The van der Waals surface area contributed by atoms with Gasteiger partial charge in [-0.2, -0.15) is 0 Å². The van der Waals surface area contributed by atoms with E-state index in [1.807, 2.05) is 13.8 Å². The van der Waals surface area contributed by atoms with E-state index in [2.05, 4.69) is 11.8 Å². The molecule has 1 saturated heterocycles. The molecule has 0 unspecified atom stereocenters. The first-order valence-electron chi connectivity index (χ1n) is 7.10. The van der Waals surface area contributed by atoms with Crippen LogP contribution in [-0.4, -0.2) is 50.8 Å². The minimum Gasteiger partial charge on any atom is -0.303 e. The van der Waals surface area contributed by atoms with Crippen LogP contribution in [0.25, 0.3) is 0 Å². The van der Waals surface area contributed by atoms with Gasteiger partial charge in [-0.3, -0.25) is 0 Å². The first kappa shape index (κ1) is 15.9. The van der Waals surface area contributed by atoms with Crippen LogP contribution in [0.15, 0.2) is 11.0 Å². The van der Waals surface area contributed by atoms with Crippen molar-refractivity contribution in [2.24, 2.45) is 5.92 Å². The highest BCUT2D eigenvalue weighted by molar-refractivity contribution is 7.89. The third-order valence-electron chi connectivity index (χ3n) is 4.02. The number of rotatable bonds is 5. The van der Waals surface area contributed by atoms with Gasteiger partial charge in [-0.25, -0.2) is 12.7 Å². The van der Waals surface area contributed by atoms with Crippen LogP contribution in [0.4, 0.5) is 0 Å². The van der Waals surface area contributed by atoms with Crippen molar-refractivity contribution >= 4 is 21.4 Å². The molecule has 0 N–H and O–H groups in total. The quantitative estimate of drug-likeness (QED) is 0.837. The molecule has 2 rings (SSSR count). The van der Waals surface area contributed by atoms with Gasteiger partial charge in [0.05, 0.1) is 4.90 Å². The first-order chi connectivity index (χ1) is 9.34. The summed E-state index contributed by atoms with van der Waals surface area (Å²) < 4.78 is 26.8. The van der Waals surface area contributed by atoms with Crippen molar-refractivity contribution in [2.75, 3.05) is 33.2 Å². The van der Waals surface area contributed by atoms with Crippen molar-refractivity contribution < 1.29 is 8.42 Å². The van der Waals surface area contributed by atoms with Gasteiger partial charge in [0, 0.05) is 29.9 Å². The highest BCUT2D eigenvalue weighted by Crippen LogP contribution is 2.28. The second-order valence-electron chi connectivity index (χ2n) is 5.61. The van der Waals surface area contributed by atoms with Crippen molar-refractivity contribution in [2.45, 2.75) is 32.1 Å². The minimum atomic E-state index is -3.34. The molecule has 4 nitrogen and oxygen atoms in total. The molecule has 0 bridgehead atoms. The van der Waals surface area contributed by atoms with E-state index in [9.17, 15) is 8.42 Å². The average molecular weight is 316 g/mol. The van der Waals surface area contributed by atoms with E-state index in [-0.39, 0.29) is 0 Å². The van der Waals surface area contributed by atoms with E-state index in [0.717, 1.165) is 35.8 Å². The fraction of sp³-hybridized carbons (Fsp3) is 0.714. The Hall–Kier alpha value is -0.430. The van der Waals surface area contributed by atoms with Gasteiger partial charge in [0.15, 0.2) is 0 Å². The monoisotopic (exact) mass is 316 g/mol. The second-order valence-corrected chi connectivity index (χ2v) is 9.08. The molecule has 0 spiro atoms. The Labute approximate surface area is 126 Å². The Bertz CT molecular complexity index is 566. The zero-order valence-corrected chi connectivity index (χ0v) is 14.4. The molecule has 0 amide bonds. The molecule has 2 heterocycles. The summed E-state index contributed by atoms with van der Waals surface area (Å²) in [5.41, 5.74) is 0. The smallest absolute Gasteiger partial charge is 0.243 e. The lowest BCUT2D eigenvalue weighted by molar-refractivity contribution is 0.324. The lowest BCUT2D eigenvalue weighted by Gasteiger charge is -2.21. The number of thiophene rings is 1. The summed E-state index contributed by atoms with van der Waals surface area (Å²) in [4.78, 5) is 4.79. The van der Waals surface area contributed by atoms with Gasteiger partial charge in [0.25, 0.3) is 0 Å². The molecule has 0 aromatic carbocycles. The maximum absolute atomic E-state index is 12.6. The standard InChI is InChI=1S/C14H24N2O2S2/c1-5-16-7-6-13(10-16)9-15(4)20(17,18)14-8-11(2)19-12(14)3/h8,13H,5-7,9-10H2,1-4H3/t13-/m0/s1. The van der Waals surface area contributed by atoms with Gasteiger partial charge in [-0.15, -0.1) is 11.3 Å². The Balaban J connectivity index is 2.08. The van der Waals surface area contributed by atoms with Crippen molar-refractivity contribution in [3.63, 3.8) is 0 Å². The molecule has 114 valence electrons. The van der Waals surface area contributed by atoms with Crippen molar-refractivity contribution in [3.8, 4) is 0 Å². The molecule has 1 aliphatic heterocycles. The van der Waals surface area contributed by atoms with Crippen LogP contribution in [0.3, 0.4) is 0 Å². The molecule has 1 aromatic heterocycles. The molecule has 1 aliphatic rings. The summed E-state index contributed by atoms with van der Waals surface area (Å²) >= 11 is 1.55. The zero-order chi connectivity index (χ0) is 14.9. The van der Waals surface area contributed by atoms with Gasteiger partial charge < -0.3 is 4.90 Å². The van der Waals surface area contributed by atoms with Crippen LogP contribution >= 0.6 is 11.3 Å². The minimum absolute atomic E-state index is 0.453. The summed E-state index contributed by atoms with van der Waals surface area (Å²) in [5, 5.41) is 0. The molecule has 0 radical (unpaired) electrons. The molecule has 1 atom stereocenters. The Morgan fingerprint density at radius 3 is 2.65 bits per heavy atom. The first-order valence-corrected chi connectivity index (χ1v) is 9.36. The summed E-state index contributed by atoms with van der Waals surface area (Å²) in [6.45, 7) is 9.76. The van der Waals surface area contributed by atoms with Crippen LogP contribution in [-0.2, 0) is 10.0 Å². The van der Waals surface area contributed by atoms with Gasteiger partial charge >= 0.3 is 0 Å². The normalized spacial score (nSPS) is 20.9. The number of sulfonamides is 1. The van der Waals surface area contributed by atoms with Gasteiger partial charge in [0.2, 0.25) is 10.0 Å².